The maximum atomic E-state index is 10.6. The van der Waals surface area contributed by atoms with Crippen LogP contribution >= 0.6 is 0 Å². The number of nitrogens with one attached hydrogen (secondary N) is 1. The van der Waals surface area contributed by atoms with Crippen molar-refractivity contribution in [1.82, 2.24) is 5.32 Å². The summed E-state index contributed by atoms with van der Waals surface area (Å²) >= 11 is 0. The Bertz CT molecular complexity index is 294. The molecule has 76 valence electrons. The fraction of sp³-hybridized carbons (Fsp3) is 0.667. The van der Waals surface area contributed by atoms with Gasteiger partial charge in [-0.3, -0.25) is 4.79 Å². The maximum absolute atomic E-state index is 10.6. The van der Waals surface area contributed by atoms with Crippen LogP contribution in [0.25, 0.3) is 0 Å². The molecule has 0 aromatic carbocycles. The number of aliphatic carboxylic acids is 1. The van der Waals surface area contributed by atoms with Crippen molar-refractivity contribution >= 4 is 21.7 Å². The molecule has 0 aromatic rings. The van der Waals surface area contributed by atoms with E-state index in [-0.39, 0.29) is 18.7 Å². The van der Waals surface area contributed by atoms with Crippen LogP contribution in [0, 0.1) is 0 Å². The Morgan fingerprint density at radius 2 is 1.92 bits per heavy atom. The predicted octanol–water partition coefficient (Wildman–Crippen LogP) is -1.38. The quantitative estimate of drug-likeness (QED) is 0.439. The summed E-state index contributed by atoms with van der Waals surface area (Å²) in [5.41, 5.74) is 0. The second kappa shape index (κ2) is 4.80. The van der Waals surface area contributed by atoms with Crippen LogP contribution in [-0.2, 0) is 19.4 Å². The van der Waals surface area contributed by atoms with Gasteiger partial charge >= 0.3 is 11.9 Å². The van der Waals surface area contributed by atoms with Crippen LogP contribution in [0.5, 0.6) is 0 Å². The third-order valence-electron chi connectivity index (χ3n) is 1.17. The molecule has 2 N–H and O–H groups in total. The first-order chi connectivity index (χ1) is 5.83. The maximum Gasteiger partial charge on any atom is 0.394 e. The van der Waals surface area contributed by atoms with Crippen molar-refractivity contribution in [2.45, 2.75) is 6.42 Å². The predicted molar refractivity (Wildman–Crippen MR) is 45.0 cm³/mol. The molecule has 0 saturated heterocycles. The van der Waals surface area contributed by atoms with Crippen molar-refractivity contribution in [3.63, 3.8) is 0 Å². The summed E-state index contributed by atoms with van der Waals surface area (Å²) in [5, 5.41) is 10.2. The van der Waals surface area contributed by atoms with Crippen LogP contribution in [0.2, 0.25) is 0 Å². The van der Waals surface area contributed by atoms with E-state index >= 15 is 0 Å². The van der Waals surface area contributed by atoms with Crippen LogP contribution in [0.4, 0.5) is 0 Å². The van der Waals surface area contributed by atoms with Gasteiger partial charge in [-0.25, -0.2) is 13.2 Å². The average Bonchev–Trinajstić information content (AvgIpc) is 1.95. The van der Waals surface area contributed by atoms with E-state index in [1.165, 1.54) is 0 Å². The summed E-state index contributed by atoms with van der Waals surface area (Å²) in [6.07, 6.45) is 1.30. The van der Waals surface area contributed by atoms with Crippen molar-refractivity contribution in [2.75, 3.05) is 18.6 Å². The number of carboxylic acids is 1. The van der Waals surface area contributed by atoms with E-state index in [2.05, 4.69) is 5.32 Å². The van der Waals surface area contributed by atoms with Crippen molar-refractivity contribution in [2.24, 2.45) is 0 Å². The van der Waals surface area contributed by atoms with Crippen molar-refractivity contribution in [3.05, 3.63) is 0 Å². The highest BCUT2D eigenvalue weighted by atomic mass is 32.2. The van der Waals surface area contributed by atoms with Crippen LogP contribution in [0.3, 0.4) is 0 Å². The molecule has 6 nitrogen and oxygen atoms in total. The fourth-order valence-corrected chi connectivity index (χ4v) is 1.28. The van der Waals surface area contributed by atoms with E-state index in [4.69, 9.17) is 5.11 Å². The number of carbonyl (C=O) groups excluding carboxylic acids is 1. The number of carboxylic acid groups (broad SMARTS) is 1. The van der Waals surface area contributed by atoms with Gasteiger partial charge in [-0.05, 0) is 6.42 Å². The Morgan fingerprint density at radius 1 is 1.38 bits per heavy atom. The smallest absolute Gasteiger partial charge is 0.394 e. The fourth-order valence-electron chi connectivity index (χ4n) is 0.612. The summed E-state index contributed by atoms with van der Waals surface area (Å²) in [4.78, 5) is 20.4. The number of amides is 1. The molecule has 0 aliphatic heterocycles. The lowest BCUT2D eigenvalue weighted by atomic mass is 10.4. The highest BCUT2D eigenvalue weighted by molar-refractivity contribution is 7.90. The van der Waals surface area contributed by atoms with Crippen LogP contribution in [-0.4, -0.2) is 44.0 Å². The third kappa shape index (κ3) is 7.26. The molecule has 7 heteroatoms. The summed E-state index contributed by atoms with van der Waals surface area (Å²) in [5.74, 6) is -2.75. The third-order valence-corrected chi connectivity index (χ3v) is 2.20. The van der Waals surface area contributed by atoms with E-state index in [1.54, 1.807) is 0 Å². The Hall–Kier alpha value is -1.11. The first kappa shape index (κ1) is 11.9. The first-order valence-corrected chi connectivity index (χ1v) is 5.58. The Kier molecular flexibility index (Phi) is 4.39. The van der Waals surface area contributed by atoms with Gasteiger partial charge in [0.1, 0.15) is 9.84 Å². The number of rotatable bonds is 4. The summed E-state index contributed by atoms with van der Waals surface area (Å²) < 4.78 is 21.2. The Labute approximate surface area is 75.9 Å². The van der Waals surface area contributed by atoms with Crippen molar-refractivity contribution in [1.29, 1.82) is 0 Å². The van der Waals surface area contributed by atoms with E-state index in [1.807, 2.05) is 0 Å². The van der Waals surface area contributed by atoms with Gasteiger partial charge < -0.3 is 10.4 Å². The van der Waals surface area contributed by atoms with Gasteiger partial charge in [0, 0.05) is 12.8 Å². The molecule has 0 unspecified atom stereocenters. The molecule has 0 bridgehead atoms. The molecule has 0 atom stereocenters. The van der Waals surface area contributed by atoms with Crippen LogP contribution < -0.4 is 5.32 Å². The molecular formula is C6H11NO5S. The van der Waals surface area contributed by atoms with Crippen LogP contribution in [0.1, 0.15) is 6.42 Å². The first-order valence-electron chi connectivity index (χ1n) is 3.52. The molecule has 13 heavy (non-hydrogen) atoms. The lowest BCUT2D eigenvalue weighted by Crippen LogP contribution is -2.32. The largest absolute Gasteiger partial charge is 0.474 e. The van der Waals surface area contributed by atoms with Gasteiger partial charge in [0.25, 0.3) is 0 Å². The zero-order chi connectivity index (χ0) is 10.5. The number of sulfone groups is 1. The second-order valence-corrected chi connectivity index (χ2v) is 4.80. The summed E-state index contributed by atoms with van der Waals surface area (Å²) in [6, 6.07) is 0. The monoisotopic (exact) mass is 209 g/mol. The number of carbonyl (C=O) groups is 2. The number of hydrogen-bond acceptors (Lipinski definition) is 4. The minimum absolute atomic E-state index is 0.0538. The zero-order valence-electron chi connectivity index (χ0n) is 7.11. The SMILES string of the molecule is CS(=O)(=O)CCCNC(=O)C(=O)O. The molecule has 0 aromatic heterocycles. The molecule has 0 rings (SSSR count). The molecular weight excluding hydrogens is 198 g/mol. The van der Waals surface area contributed by atoms with E-state index < -0.39 is 21.7 Å². The Morgan fingerprint density at radius 3 is 2.31 bits per heavy atom. The normalized spacial score (nSPS) is 10.8. The lowest BCUT2D eigenvalue weighted by Gasteiger charge is -2.00. The van der Waals surface area contributed by atoms with Gasteiger partial charge in [0.15, 0.2) is 0 Å². The zero-order valence-corrected chi connectivity index (χ0v) is 7.93. The molecule has 0 heterocycles. The average molecular weight is 209 g/mol. The molecule has 0 radical (unpaired) electrons. The summed E-state index contributed by atoms with van der Waals surface area (Å²) in [7, 11) is -3.04. The van der Waals surface area contributed by atoms with E-state index in [0.717, 1.165) is 6.26 Å². The lowest BCUT2D eigenvalue weighted by molar-refractivity contribution is -0.150. The summed E-state index contributed by atoms with van der Waals surface area (Å²) in [6.45, 7) is 0.0538. The van der Waals surface area contributed by atoms with Gasteiger partial charge in [-0.1, -0.05) is 0 Å². The standard InChI is InChI=1S/C6H11NO5S/c1-13(11,12)4-2-3-7-5(8)6(9)10/h2-4H2,1H3,(H,7,8)(H,9,10). The van der Waals surface area contributed by atoms with Gasteiger partial charge in [0.2, 0.25) is 0 Å². The minimum Gasteiger partial charge on any atom is -0.474 e. The molecule has 0 spiro atoms. The second-order valence-electron chi connectivity index (χ2n) is 2.54. The van der Waals surface area contributed by atoms with Gasteiger partial charge in [-0.2, -0.15) is 0 Å². The van der Waals surface area contributed by atoms with Gasteiger partial charge in [0.05, 0.1) is 5.75 Å². The minimum atomic E-state index is -3.04. The van der Waals surface area contributed by atoms with Crippen LogP contribution in [0.15, 0.2) is 0 Å². The highest BCUT2D eigenvalue weighted by Gasteiger charge is 2.09. The Balaban J connectivity index is 3.59. The molecule has 1 amide bonds. The highest BCUT2D eigenvalue weighted by Crippen LogP contribution is 1.86. The van der Waals surface area contributed by atoms with Crippen molar-refractivity contribution < 1.29 is 23.1 Å². The molecule has 0 fully saturated rings. The molecule has 0 saturated carbocycles. The molecule has 0 aliphatic rings. The molecule has 0 aliphatic carbocycles. The topological polar surface area (TPSA) is 101 Å². The number of hydrogen-bond donors (Lipinski definition) is 2. The van der Waals surface area contributed by atoms with E-state index in [0.29, 0.717) is 0 Å². The van der Waals surface area contributed by atoms with Gasteiger partial charge in [-0.15, -0.1) is 0 Å². The van der Waals surface area contributed by atoms with Crippen molar-refractivity contribution in [3.8, 4) is 0 Å². The van der Waals surface area contributed by atoms with E-state index in [9.17, 15) is 18.0 Å².